The van der Waals surface area contributed by atoms with Crippen LogP contribution in [-0.2, 0) is 17.7 Å². The summed E-state index contributed by atoms with van der Waals surface area (Å²) in [7, 11) is 1.37. The molecule has 10 heteroatoms. The van der Waals surface area contributed by atoms with Crippen LogP contribution in [0.4, 0.5) is 10.8 Å². The molecular formula is C20H20Cl2N4O2S2. The first-order valence-electron chi connectivity index (χ1n) is 9.08. The number of aryl methyl sites for hydroxylation is 1. The maximum Gasteiger partial charge on any atom is 0.341 e. The number of hydrogen-bond donors (Lipinski definition) is 2. The van der Waals surface area contributed by atoms with E-state index in [-0.39, 0.29) is 5.97 Å². The number of thiocarbonyl (C=S) groups is 1. The van der Waals surface area contributed by atoms with Crippen LogP contribution in [-0.4, -0.2) is 28.0 Å². The van der Waals surface area contributed by atoms with E-state index in [1.165, 1.54) is 18.4 Å². The van der Waals surface area contributed by atoms with Gasteiger partial charge in [-0.05, 0) is 48.8 Å². The molecule has 2 N–H and O–H groups in total. The van der Waals surface area contributed by atoms with Gasteiger partial charge in [-0.1, -0.05) is 36.2 Å². The zero-order valence-electron chi connectivity index (χ0n) is 16.6. The lowest BCUT2D eigenvalue weighted by Crippen LogP contribution is -2.20. The van der Waals surface area contributed by atoms with Crippen molar-refractivity contribution >= 4 is 68.7 Å². The first-order valence-corrected chi connectivity index (χ1v) is 11.1. The van der Waals surface area contributed by atoms with Crippen molar-refractivity contribution in [1.82, 2.24) is 9.78 Å². The summed E-state index contributed by atoms with van der Waals surface area (Å²) < 4.78 is 6.68. The van der Waals surface area contributed by atoms with Crippen molar-refractivity contribution in [3.8, 4) is 0 Å². The molecule has 3 aromatic rings. The molecule has 158 valence electrons. The van der Waals surface area contributed by atoms with Crippen molar-refractivity contribution < 1.29 is 9.53 Å². The van der Waals surface area contributed by atoms with Crippen LogP contribution in [0.3, 0.4) is 0 Å². The fourth-order valence-electron chi connectivity index (χ4n) is 3.00. The van der Waals surface area contributed by atoms with E-state index in [0.717, 1.165) is 22.4 Å². The lowest BCUT2D eigenvalue weighted by atomic mass is 10.1. The quantitative estimate of drug-likeness (QED) is 0.343. The normalized spacial score (nSPS) is 10.7. The first-order chi connectivity index (χ1) is 14.3. The van der Waals surface area contributed by atoms with Crippen LogP contribution in [0.25, 0.3) is 0 Å². The van der Waals surface area contributed by atoms with Gasteiger partial charge in [0.2, 0.25) is 0 Å². The van der Waals surface area contributed by atoms with Crippen LogP contribution in [0.1, 0.15) is 33.3 Å². The third-order valence-electron chi connectivity index (χ3n) is 4.41. The largest absolute Gasteiger partial charge is 0.465 e. The number of aromatic nitrogens is 2. The minimum atomic E-state index is -0.384. The zero-order valence-corrected chi connectivity index (χ0v) is 19.7. The Kier molecular flexibility index (Phi) is 7.36. The van der Waals surface area contributed by atoms with Gasteiger partial charge in [0.1, 0.15) is 5.00 Å². The van der Waals surface area contributed by atoms with Crippen LogP contribution in [0.2, 0.25) is 10.0 Å². The molecule has 0 amide bonds. The Bertz CT molecular complexity index is 1090. The van der Waals surface area contributed by atoms with Crippen LogP contribution in [0.15, 0.2) is 30.5 Å². The summed E-state index contributed by atoms with van der Waals surface area (Å²) in [6.45, 7) is 4.47. The lowest BCUT2D eigenvalue weighted by Gasteiger charge is -2.09. The van der Waals surface area contributed by atoms with Gasteiger partial charge < -0.3 is 15.4 Å². The van der Waals surface area contributed by atoms with Gasteiger partial charge in [0.15, 0.2) is 10.9 Å². The topological polar surface area (TPSA) is 68.2 Å². The Labute approximate surface area is 194 Å². The Balaban J connectivity index is 1.70. The number of nitrogens with zero attached hydrogens (tertiary/aromatic N) is 2. The minimum absolute atomic E-state index is 0.332. The molecule has 2 aromatic heterocycles. The molecule has 0 spiro atoms. The average Bonchev–Trinajstić information content (AvgIpc) is 3.26. The van der Waals surface area contributed by atoms with E-state index in [0.29, 0.717) is 38.1 Å². The van der Waals surface area contributed by atoms with Crippen molar-refractivity contribution in [3.63, 3.8) is 0 Å². The molecule has 2 heterocycles. The molecule has 0 aliphatic heterocycles. The molecule has 0 aliphatic rings. The van der Waals surface area contributed by atoms with E-state index in [9.17, 15) is 4.79 Å². The Morgan fingerprint density at radius 1 is 1.30 bits per heavy atom. The van der Waals surface area contributed by atoms with E-state index < -0.39 is 0 Å². The van der Waals surface area contributed by atoms with E-state index in [1.807, 2.05) is 26.1 Å². The predicted molar refractivity (Wildman–Crippen MR) is 127 cm³/mol. The number of hydrogen-bond acceptors (Lipinski definition) is 5. The molecule has 3 rings (SSSR count). The smallest absolute Gasteiger partial charge is 0.341 e. The second-order valence-corrected chi connectivity index (χ2v) is 8.88. The van der Waals surface area contributed by atoms with Gasteiger partial charge in [-0.15, -0.1) is 11.3 Å². The van der Waals surface area contributed by atoms with Crippen molar-refractivity contribution in [2.75, 3.05) is 17.7 Å². The highest BCUT2D eigenvalue weighted by atomic mass is 35.5. The number of carbonyl (C=O) groups excluding carboxylic acids is 1. The number of carbonyl (C=O) groups is 1. The summed E-state index contributed by atoms with van der Waals surface area (Å²) in [4.78, 5) is 13.3. The molecule has 0 saturated carbocycles. The number of esters is 1. The van der Waals surface area contributed by atoms with Gasteiger partial charge in [0, 0.05) is 27.2 Å². The number of ether oxygens (including phenoxy) is 1. The summed E-state index contributed by atoms with van der Waals surface area (Å²) in [6.07, 6.45) is 2.55. The Morgan fingerprint density at radius 2 is 2.07 bits per heavy atom. The molecule has 30 heavy (non-hydrogen) atoms. The number of anilines is 2. The number of thiophene rings is 1. The summed E-state index contributed by atoms with van der Waals surface area (Å²) >= 11 is 19.1. The fourth-order valence-corrected chi connectivity index (χ4v) is 4.88. The fraction of sp³-hybridized carbons (Fsp3) is 0.250. The molecule has 6 nitrogen and oxygen atoms in total. The summed E-state index contributed by atoms with van der Waals surface area (Å²) in [5.74, 6) is 0.187. The van der Waals surface area contributed by atoms with Gasteiger partial charge in [0.25, 0.3) is 0 Å². The van der Waals surface area contributed by atoms with Crippen LogP contribution in [0, 0.1) is 6.92 Å². The van der Waals surface area contributed by atoms with E-state index in [1.54, 1.807) is 22.9 Å². The van der Waals surface area contributed by atoms with Crippen molar-refractivity contribution in [3.05, 3.63) is 62.1 Å². The molecule has 0 fully saturated rings. The van der Waals surface area contributed by atoms with Crippen LogP contribution < -0.4 is 10.6 Å². The third kappa shape index (κ3) is 5.13. The van der Waals surface area contributed by atoms with Gasteiger partial charge >= 0.3 is 5.97 Å². The molecule has 0 radical (unpaired) electrons. The van der Waals surface area contributed by atoms with Crippen LogP contribution >= 0.6 is 46.8 Å². The summed E-state index contributed by atoms with van der Waals surface area (Å²) in [5, 5.41) is 12.8. The zero-order chi connectivity index (χ0) is 21.8. The van der Waals surface area contributed by atoms with Gasteiger partial charge in [-0.2, -0.15) is 5.10 Å². The highest BCUT2D eigenvalue weighted by Crippen LogP contribution is 2.34. The standard InChI is InChI=1S/C20H20Cl2N4O2S2/c1-4-14-11(2)30-18(17(14)19(27)28-3)24-20(29)23-16-7-8-26(25-16)10-12-5-6-13(21)9-15(12)22/h5-9H,4,10H2,1-3H3,(H2,23,24,25,29). The van der Waals surface area contributed by atoms with Crippen molar-refractivity contribution in [2.24, 2.45) is 0 Å². The number of rotatable bonds is 6. The summed E-state index contributed by atoms with van der Waals surface area (Å²) in [6, 6.07) is 7.16. The lowest BCUT2D eigenvalue weighted by molar-refractivity contribution is 0.0601. The maximum atomic E-state index is 12.2. The van der Waals surface area contributed by atoms with Gasteiger partial charge in [0.05, 0.1) is 19.2 Å². The Morgan fingerprint density at radius 3 is 2.73 bits per heavy atom. The van der Waals surface area contributed by atoms with Gasteiger partial charge in [-0.3, -0.25) is 4.68 Å². The number of benzene rings is 1. The highest BCUT2D eigenvalue weighted by Gasteiger charge is 2.22. The highest BCUT2D eigenvalue weighted by molar-refractivity contribution is 7.80. The molecule has 0 bridgehead atoms. The number of halogens is 2. The molecular weight excluding hydrogens is 463 g/mol. The van der Waals surface area contributed by atoms with E-state index in [2.05, 4.69) is 15.7 Å². The number of methoxy groups -OCH3 is 1. The Hall–Kier alpha value is -2.13. The van der Waals surface area contributed by atoms with Crippen molar-refractivity contribution in [1.29, 1.82) is 0 Å². The second kappa shape index (κ2) is 9.78. The molecule has 1 aromatic carbocycles. The average molecular weight is 483 g/mol. The molecule has 0 unspecified atom stereocenters. The second-order valence-electron chi connectivity index (χ2n) is 6.40. The van der Waals surface area contributed by atoms with Crippen LogP contribution in [0.5, 0.6) is 0 Å². The third-order valence-corrected chi connectivity index (χ3v) is 6.26. The minimum Gasteiger partial charge on any atom is -0.465 e. The molecule has 0 aliphatic carbocycles. The van der Waals surface area contributed by atoms with E-state index >= 15 is 0 Å². The SMILES string of the molecule is CCc1c(C)sc(NC(=S)Nc2ccn(Cc3ccc(Cl)cc3Cl)n2)c1C(=O)OC. The molecule has 0 saturated heterocycles. The van der Waals surface area contributed by atoms with Gasteiger partial charge in [-0.25, -0.2) is 4.79 Å². The number of nitrogens with one attached hydrogen (secondary N) is 2. The monoisotopic (exact) mass is 482 g/mol. The summed E-state index contributed by atoms with van der Waals surface area (Å²) in [5.41, 5.74) is 2.39. The first kappa shape index (κ1) is 22.6. The maximum absolute atomic E-state index is 12.2. The molecule has 0 atom stereocenters. The predicted octanol–water partition coefficient (Wildman–Crippen LogP) is 5.77. The van der Waals surface area contributed by atoms with E-state index in [4.69, 9.17) is 40.2 Å². The van der Waals surface area contributed by atoms with Crippen molar-refractivity contribution in [2.45, 2.75) is 26.8 Å².